The van der Waals surface area contributed by atoms with E-state index in [1.165, 1.54) is 18.5 Å². The first kappa shape index (κ1) is 17.0. The average Bonchev–Trinajstić information content (AvgIpc) is 3.34. The van der Waals surface area contributed by atoms with Gasteiger partial charge in [-0.1, -0.05) is 0 Å². The fourth-order valence-electron chi connectivity index (χ4n) is 4.75. The van der Waals surface area contributed by atoms with Gasteiger partial charge in [0.05, 0.1) is 12.0 Å². The standard InChI is InChI=1S/C19H30N4O2/c24-19(23-10-4-15(5-11-23)17-3-9-21-22-17)16-6-12-25-18(16)13-14-1-7-20-8-2-14/h3,9,14-16,18,20H,1-2,4-8,10-13H2,(H,21,22)/t16-,18-/m1/s1. The van der Waals surface area contributed by atoms with Crippen molar-refractivity contribution >= 4 is 5.91 Å². The fourth-order valence-corrected chi connectivity index (χ4v) is 4.75. The number of ether oxygens (including phenoxy) is 1. The van der Waals surface area contributed by atoms with Gasteiger partial charge in [0.1, 0.15) is 0 Å². The predicted molar refractivity (Wildman–Crippen MR) is 95.2 cm³/mol. The summed E-state index contributed by atoms with van der Waals surface area (Å²) < 4.78 is 5.98. The molecule has 6 heteroatoms. The summed E-state index contributed by atoms with van der Waals surface area (Å²) in [7, 11) is 0. The van der Waals surface area contributed by atoms with E-state index in [1.54, 1.807) is 0 Å². The maximum absolute atomic E-state index is 13.1. The minimum atomic E-state index is 0.0820. The number of rotatable bonds is 4. The van der Waals surface area contributed by atoms with Gasteiger partial charge < -0.3 is 15.0 Å². The van der Waals surface area contributed by atoms with Crippen molar-refractivity contribution in [2.75, 3.05) is 32.8 Å². The molecule has 2 atom stereocenters. The third-order valence-corrected chi connectivity index (χ3v) is 6.32. The van der Waals surface area contributed by atoms with Crippen molar-refractivity contribution in [3.8, 4) is 0 Å². The van der Waals surface area contributed by atoms with Crippen LogP contribution < -0.4 is 5.32 Å². The Morgan fingerprint density at radius 1 is 1.20 bits per heavy atom. The first-order chi connectivity index (χ1) is 12.3. The molecule has 0 radical (unpaired) electrons. The summed E-state index contributed by atoms with van der Waals surface area (Å²) in [5.74, 6) is 1.64. The lowest BCUT2D eigenvalue weighted by atomic mass is 9.86. The zero-order chi connectivity index (χ0) is 17.1. The summed E-state index contributed by atoms with van der Waals surface area (Å²) in [6, 6.07) is 2.06. The van der Waals surface area contributed by atoms with E-state index in [2.05, 4.69) is 26.5 Å². The fraction of sp³-hybridized carbons (Fsp3) is 0.789. The number of hydrogen-bond acceptors (Lipinski definition) is 4. The van der Waals surface area contributed by atoms with Gasteiger partial charge in [-0.15, -0.1) is 0 Å². The van der Waals surface area contributed by atoms with Gasteiger partial charge in [0.15, 0.2) is 0 Å². The van der Waals surface area contributed by atoms with Gasteiger partial charge in [-0.25, -0.2) is 0 Å². The van der Waals surface area contributed by atoms with Crippen molar-refractivity contribution in [3.63, 3.8) is 0 Å². The predicted octanol–water partition coefficient (Wildman–Crippen LogP) is 1.91. The van der Waals surface area contributed by atoms with E-state index in [0.717, 1.165) is 58.5 Å². The van der Waals surface area contributed by atoms with Crippen LogP contribution >= 0.6 is 0 Å². The molecule has 25 heavy (non-hydrogen) atoms. The number of carbonyl (C=O) groups is 1. The molecule has 3 fully saturated rings. The minimum absolute atomic E-state index is 0.0820. The van der Waals surface area contributed by atoms with Crippen LogP contribution in [0.5, 0.6) is 0 Å². The first-order valence-corrected chi connectivity index (χ1v) is 9.91. The molecule has 138 valence electrons. The van der Waals surface area contributed by atoms with Crippen molar-refractivity contribution in [2.24, 2.45) is 11.8 Å². The molecule has 1 aromatic rings. The molecule has 4 heterocycles. The van der Waals surface area contributed by atoms with Gasteiger partial charge >= 0.3 is 0 Å². The zero-order valence-electron chi connectivity index (χ0n) is 15.0. The van der Waals surface area contributed by atoms with Crippen molar-refractivity contribution in [2.45, 2.75) is 50.5 Å². The van der Waals surface area contributed by atoms with Crippen molar-refractivity contribution in [1.82, 2.24) is 20.4 Å². The Bertz CT molecular complexity index is 548. The Balaban J connectivity index is 1.31. The number of likely N-dealkylation sites (tertiary alicyclic amines) is 1. The Hall–Kier alpha value is -1.40. The molecule has 1 aromatic heterocycles. The van der Waals surface area contributed by atoms with E-state index in [9.17, 15) is 4.79 Å². The van der Waals surface area contributed by atoms with Crippen LogP contribution in [0.2, 0.25) is 0 Å². The van der Waals surface area contributed by atoms with Gasteiger partial charge in [-0.2, -0.15) is 5.10 Å². The summed E-state index contributed by atoms with van der Waals surface area (Å²) >= 11 is 0. The lowest BCUT2D eigenvalue weighted by Gasteiger charge is -2.34. The molecule has 3 saturated heterocycles. The normalized spacial score (nSPS) is 29.2. The highest BCUT2D eigenvalue weighted by Crippen LogP contribution is 2.33. The van der Waals surface area contributed by atoms with E-state index in [0.29, 0.717) is 17.7 Å². The Morgan fingerprint density at radius 3 is 2.72 bits per heavy atom. The summed E-state index contributed by atoms with van der Waals surface area (Å²) in [6.07, 6.45) is 8.40. The smallest absolute Gasteiger partial charge is 0.228 e. The van der Waals surface area contributed by atoms with Crippen molar-refractivity contribution < 1.29 is 9.53 Å². The topological polar surface area (TPSA) is 70.2 Å². The number of hydrogen-bond donors (Lipinski definition) is 2. The average molecular weight is 346 g/mol. The van der Waals surface area contributed by atoms with Gasteiger partial charge in [-0.05, 0) is 63.6 Å². The SMILES string of the molecule is O=C([C@@H]1CCO[C@@H]1CC1CCNCC1)N1CCC(c2ccn[nH]2)CC1. The van der Waals surface area contributed by atoms with E-state index in [1.807, 2.05) is 6.20 Å². The number of nitrogens with zero attached hydrogens (tertiary/aromatic N) is 2. The lowest BCUT2D eigenvalue weighted by molar-refractivity contribution is -0.138. The molecule has 6 nitrogen and oxygen atoms in total. The molecule has 2 N–H and O–H groups in total. The molecule has 0 saturated carbocycles. The zero-order valence-corrected chi connectivity index (χ0v) is 15.0. The van der Waals surface area contributed by atoms with Crippen LogP contribution in [-0.2, 0) is 9.53 Å². The molecule has 0 aliphatic carbocycles. The number of aromatic nitrogens is 2. The quantitative estimate of drug-likeness (QED) is 0.874. The second-order valence-corrected chi connectivity index (χ2v) is 7.85. The molecule has 0 aromatic carbocycles. The minimum Gasteiger partial charge on any atom is -0.377 e. The molecule has 3 aliphatic heterocycles. The monoisotopic (exact) mass is 346 g/mol. The van der Waals surface area contributed by atoms with Crippen LogP contribution in [0.25, 0.3) is 0 Å². The van der Waals surface area contributed by atoms with Crippen LogP contribution in [-0.4, -0.2) is 59.9 Å². The molecule has 0 unspecified atom stereocenters. The van der Waals surface area contributed by atoms with Gasteiger partial charge in [0.25, 0.3) is 0 Å². The summed E-state index contributed by atoms with van der Waals surface area (Å²) in [6.45, 7) is 4.68. The number of H-pyrrole nitrogens is 1. The van der Waals surface area contributed by atoms with Gasteiger partial charge in [-0.3, -0.25) is 9.89 Å². The number of carbonyl (C=O) groups excluding carboxylic acids is 1. The second kappa shape index (κ2) is 7.87. The number of aromatic amines is 1. The van der Waals surface area contributed by atoms with Gasteiger partial charge in [0, 0.05) is 37.5 Å². The summed E-state index contributed by atoms with van der Waals surface area (Å²) in [5, 5.41) is 10.6. The Kier molecular flexibility index (Phi) is 5.36. The molecule has 1 amide bonds. The number of nitrogens with one attached hydrogen (secondary N) is 2. The van der Waals surface area contributed by atoms with Gasteiger partial charge in [0.2, 0.25) is 5.91 Å². The molecule has 0 spiro atoms. The Morgan fingerprint density at radius 2 is 2.00 bits per heavy atom. The van der Waals surface area contributed by atoms with Crippen molar-refractivity contribution in [1.29, 1.82) is 0 Å². The van der Waals surface area contributed by atoms with Crippen LogP contribution in [0, 0.1) is 11.8 Å². The second-order valence-electron chi connectivity index (χ2n) is 7.85. The van der Waals surface area contributed by atoms with Crippen LogP contribution in [0.1, 0.15) is 50.1 Å². The van der Waals surface area contributed by atoms with Crippen LogP contribution in [0.4, 0.5) is 0 Å². The maximum atomic E-state index is 13.1. The van der Waals surface area contributed by atoms with E-state index in [4.69, 9.17) is 4.74 Å². The molecular weight excluding hydrogens is 316 g/mol. The highest BCUT2D eigenvalue weighted by atomic mass is 16.5. The van der Waals surface area contributed by atoms with E-state index in [-0.39, 0.29) is 12.0 Å². The molecule has 0 bridgehead atoms. The third-order valence-electron chi connectivity index (χ3n) is 6.32. The molecular formula is C19H30N4O2. The van der Waals surface area contributed by atoms with Crippen molar-refractivity contribution in [3.05, 3.63) is 18.0 Å². The summed E-state index contributed by atoms with van der Waals surface area (Å²) in [4.78, 5) is 15.1. The van der Waals surface area contributed by atoms with E-state index < -0.39 is 0 Å². The highest BCUT2D eigenvalue weighted by molar-refractivity contribution is 5.79. The maximum Gasteiger partial charge on any atom is 0.228 e. The van der Waals surface area contributed by atoms with E-state index >= 15 is 0 Å². The number of piperidine rings is 2. The highest BCUT2D eigenvalue weighted by Gasteiger charge is 2.38. The molecule has 3 aliphatic rings. The van der Waals surface area contributed by atoms with Crippen LogP contribution in [0.3, 0.4) is 0 Å². The Labute approximate surface area is 149 Å². The number of amides is 1. The molecule has 4 rings (SSSR count). The summed E-state index contributed by atoms with van der Waals surface area (Å²) in [5.41, 5.74) is 1.21. The van der Waals surface area contributed by atoms with Crippen LogP contribution in [0.15, 0.2) is 12.3 Å². The largest absolute Gasteiger partial charge is 0.377 e. The third kappa shape index (κ3) is 3.90. The lowest BCUT2D eigenvalue weighted by Crippen LogP contribution is -2.44. The first-order valence-electron chi connectivity index (χ1n) is 9.91.